The van der Waals surface area contributed by atoms with Crippen molar-refractivity contribution >= 4 is 11.9 Å². The van der Waals surface area contributed by atoms with Crippen molar-refractivity contribution in [3.63, 3.8) is 0 Å². The number of esters is 1. The van der Waals surface area contributed by atoms with E-state index >= 15 is 0 Å². The van der Waals surface area contributed by atoms with E-state index in [1.165, 1.54) is 26.2 Å². The Bertz CT molecular complexity index is 699. The van der Waals surface area contributed by atoms with Crippen LogP contribution in [0, 0.1) is 5.92 Å². The summed E-state index contributed by atoms with van der Waals surface area (Å²) in [5.74, 6) is -0.633. The monoisotopic (exact) mass is 341 g/mol. The molecule has 1 saturated heterocycles. The molecule has 0 N–H and O–H groups in total. The maximum Gasteiger partial charge on any atom is 0.305 e. The minimum Gasteiger partial charge on any atom is -0.431 e. The van der Waals surface area contributed by atoms with Crippen molar-refractivity contribution in [2.24, 2.45) is 16.1 Å². The Morgan fingerprint density at radius 1 is 1.20 bits per heavy atom. The van der Waals surface area contributed by atoms with Crippen LogP contribution in [0.3, 0.4) is 0 Å². The van der Waals surface area contributed by atoms with Gasteiger partial charge in [-0.05, 0) is 12.8 Å². The largest absolute Gasteiger partial charge is 0.431 e. The van der Waals surface area contributed by atoms with E-state index in [1.807, 2.05) is 35.2 Å². The molecule has 0 spiro atoms. The Kier molecular flexibility index (Phi) is 4.06. The number of azo groups is 1. The number of fused-ring (bicyclic) bond motifs is 1. The molecule has 1 aliphatic carbocycles. The number of amides is 1. The van der Waals surface area contributed by atoms with Crippen LogP contribution in [-0.2, 0) is 20.1 Å². The van der Waals surface area contributed by atoms with Crippen molar-refractivity contribution in [2.45, 2.75) is 56.8 Å². The predicted molar refractivity (Wildman–Crippen MR) is 90.6 cm³/mol. The lowest BCUT2D eigenvalue weighted by Crippen LogP contribution is -2.41. The lowest BCUT2D eigenvalue weighted by atomic mass is 9.87. The van der Waals surface area contributed by atoms with Gasteiger partial charge in [-0.25, -0.2) is 0 Å². The molecule has 1 aromatic rings. The molecule has 2 aliphatic heterocycles. The first-order valence-electron chi connectivity index (χ1n) is 9.09. The number of carbonyl (C=O) groups is 2. The molecule has 1 saturated carbocycles. The zero-order valence-electron chi connectivity index (χ0n) is 14.4. The molecule has 0 unspecified atom stereocenters. The third kappa shape index (κ3) is 2.64. The highest BCUT2D eigenvalue weighted by Gasteiger charge is 2.60. The molecular formula is C19H23N3O3. The van der Waals surface area contributed by atoms with Gasteiger partial charge in [0, 0.05) is 25.1 Å². The smallest absolute Gasteiger partial charge is 0.305 e. The van der Waals surface area contributed by atoms with E-state index in [4.69, 9.17) is 4.74 Å². The fourth-order valence-electron chi connectivity index (χ4n) is 4.48. The molecule has 3 atom stereocenters. The summed E-state index contributed by atoms with van der Waals surface area (Å²) < 4.78 is 5.70. The molecule has 1 amide bonds. The Morgan fingerprint density at radius 3 is 2.60 bits per heavy atom. The zero-order valence-corrected chi connectivity index (χ0v) is 14.4. The molecule has 0 radical (unpaired) electrons. The summed E-state index contributed by atoms with van der Waals surface area (Å²) in [4.78, 5) is 26.7. The van der Waals surface area contributed by atoms with E-state index in [2.05, 4.69) is 10.2 Å². The number of carbonyl (C=O) groups excluding carboxylic acids is 2. The van der Waals surface area contributed by atoms with E-state index in [0.717, 1.165) is 18.4 Å². The average Bonchev–Trinajstić information content (AvgIpc) is 3.15. The Morgan fingerprint density at radius 2 is 1.92 bits per heavy atom. The maximum atomic E-state index is 12.9. The highest BCUT2D eigenvalue weighted by molar-refractivity contribution is 5.86. The second-order valence-corrected chi connectivity index (χ2v) is 7.21. The number of ether oxygens (including phenoxy) is 1. The predicted octanol–water partition coefficient (Wildman–Crippen LogP) is 3.03. The van der Waals surface area contributed by atoms with Crippen LogP contribution in [0.1, 0.15) is 44.6 Å². The molecule has 1 aromatic carbocycles. The SMILES string of the molecule is CC(=O)O[C@]1(c2ccccc2)N=N[C@@H]2C(=O)N(C3CCCCC3)C[C@H]21. The van der Waals surface area contributed by atoms with Gasteiger partial charge in [0.1, 0.15) is 0 Å². The van der Waals surface area contributed by atoms with Gasteiger partial charge in [-0.1, -0.05) is 49.6 Å². The van der Waals surface area contributed by atoms with Crippen molar-refractivity contribution in [3.8, 4) is 0 Å². The van der Waals surface area contributed by atoms with Gasteiger partial charge in [-0.3, -0.25) is 9.59 Å². The summed E-state index contributed by atoms with van der Waals surface area (Å²) >= 11 is 0. The second kappa shape index (κ2) is 6.24. The van der Waals surface area contributed by atoms with Crippen molar-refractivity contribution in [1.29, 1.82) is 0 Å². The number of benzene rings is 1. The molecule has 0 bridgehead atoms. The van der Waals surface area contributed by atoms with E-state index < -0.39 is 17.7 Å². The lowest BCUT2D eigenvalue weighted by Gasteiger charge is -2.34. The van der Waals surface area contributed by atoms with Crippen LogP contribution in [0.2, 0.25) is 0 Å². The molecule has 2 fully saturated rings. The van der Waals surface area contributed by atoms with Crippen LogP contribution < -0.4 is 0 Å². The van der Waals surface area contributed by atoms with Gasteiger partial charge >= 0.3 is 5.97 Å². The second-order valence-electron chi connectivity index (χ2n) is 7.21. The van der Waals surface area contributed by atoms with Gasteiger partial charge in [0.15, 0.2) is 6.04 Å². The topological polar surface area (TPSA) is 71.3 Å². The van der Waals surface area contributed by atoms with E-state index in [1.54, 1.807) is 0 Å². The van der Waals surface area contributed by atoms with Gasteiger partial charge in [0.2, 0.25) is 5.91 Å². The van der Waals surface area contributed by atoms with Crippen molar-refractivity contribution in [1.82, 2.24) is 4.90 Å². The molecular weight excluding hydrogens is 318 g/mol. The van der Waals surface area contributed by atoms with E-state index in [0.29, 0.717) is 6.54 Å². The summed E-state index contributed by atoms with van der Waals surface area (Å²) in [6, 6.07) is 9.20. The summed E-state index contributed by atoms with van der Waals surface area (Å²) in [5, 5.41) is 8.59. The van der Waals surface area contributed by atoms with Crippen molar-refractivity contribution in [3.05, 3.63) is 35.9 Å². The first-order chi connectivity index (χ1) is 12.1. The highest BCUT2D eigenvalue weighted by Crippen LogP contribution is 2.48. The summed E-state index contributed by atoms with van der Waals surface area (Å²) in [7, 11) is 0. The summed E-state index contributed by atoms with van der Waals surface area (Å²) in [6.07, 6.45) is 5.67. The standard InChI is InChI=1S/C19H23N3O3/c1-13(23)25-19(14-8-4-2-5-9-14)16-12-22(15-10-6-3-7-11-15)18(24)17(16)20-21-19/h2,4-5,8-9,15-17H,3,6-7,10-12H2,1H3/t16-,17+,19+/m1/s1. The maximum absolute atomic E-state index is 12.9. The van der Waals surface area contributed by atoms with Crippen LogP contribution in [0.15, 0.2) is 40.6 Å². The summed E-state index contributed by atoms with van der Waals surface area (Å²) in [5.41, 5.74) is -0.406. The van der Waals surface area contributed by atoms with E-state index in [-0.39, 0.29) is 17.9 Å². The summed E-state index contributed by atoms with van der Waals surface area (Å²) in [6.45, 7) is 1.92. The minimum absolute atomic E-state index is 0.0330. The van der Waals surface area contributed by atoms with Crippen LogP contribution >= 0.6 is 0 Å². The molecule has 25 heavy (non-hydrogen) atoms. The average molecular weight is 341 g/mol. The van der Waals surface area contributed by atoms with Crippen molar-refractivity contribution < 1.29 is 14.3 Å². The van der Waals surface area contributed by atoms with Crippen LogP contribution in [0.25, 0.3) is 0 Å². The van der Waals surface area contributed by atoms with Gasteiger partial charge in [-0.2, -0.15) is 5.11 Å². The molecule has 2 heterocycles. The van der Waals surface area contributed by atoms with Gasteiger partial charge in [0.25, 0.3) is 5.72 Å². The molecule has 132 valence electrons. The molecule has 0 aromatic heterocycles. The fourth-order valence-corrected chi connectivity index (χ4v) is 4.48. The van der Waals surface area contributed by atoms with Crippen LogP contribution in [0.5, 0.6) is 0 Å². The zero-order chi connectivity index (χ0) is 17.4. The van der Waals surface area contributed by atoms with E-state index in [9.17, 15) is 9.59 Å². The van der Waals surface area contributed by atoms with Gasteiger partial charge in [0.05, 0.1) is 5.92 Å². The number of likely N-dealkylation sites (tertiary alicyclic amines) is 1. The number of rotatable bonds is 3. The first-order valence-corrected chi connectivity index (χ1v) is 9.09. The van der Waals surface area contributed by atoms with Gasteiger partial charge < -0.3 is 9.64 Å². The lowest BCUT2D eigenvalue weighted by molar-refractivity contribution is -0.162. The quantitative estimate of drug-likeness (QED) is 0.793. The third-order valence-electron chi connectivity index (χ3n) is 5.65. The Balaban J connectivity index is 1.67. The number of hydrogen-bond acceptors (Lipinski definition) is 5. The molecule has 6 nitrogen and oxygen atoms in total. The van der Waals surface area contributed by atoms with Crippen LogP contribution in [-0.4, -0.2) is 35.4 Å². The molecule has 3 aliphatic rings. The normalized spacial score (nSPS) is 32.0. The first kappa shape index (κ1) is 16.2. The Labute approximate surface area is 147 Å². The third-order valence-corrected chi connectivity index (χ3v) is 5.65. The number of hydrogen-bond donors (Lipinski definition) is 0. The van der Waals surface area contributed by atoms with Crippen molar-refractivity contribution in [2.75, 3.05) is 6.54 Å². The number of nitrogens with zero attached hydrogens (tertiary/aromatic N) is 3. The molecule has 4 rings (SSSR count). The highest BCUT2D eigenvalue weighted by atomic mass is 16.6. The Hall–Kier alpha value is -2.24. The fraction of sp³-hybridized carbons (Fsp3) is 0.579. The molecule has 6 heteroatoms. The van der Waals surface area contributed by atoms with Crippen LogP contribution in [0.4, 0.5) is 0 Å². The van der Waals surface area contributed by atoms with Gasteiger partial charge in [-0.15, -0.1) is 5.11 Å². The minimum atomic E-state index is -1.18.